The van der Waals surface area contributed by atoms with E-state index in [2.05, 4.69) is 15.4 Å². The lowest BCUT2D eigenvalue weighted by Crippen LogP contribution is -2.30. The molecule has 4 nitrogen and oxygen atoms in total. The molecule has 0 aliphatic carbocycles. The molecule has 0 bridgehead atoms. The average molecular weight is 383 g/mol. The summed E-state index contributed by atoms with van der Waals surface area (Å²) in [5, 5.41) is 7.75. The molecule has 0 unspecified atom stereocenters. The number of nitrogens with one attached hydrogen (secondary N) is 2. The molecule has 0 aliphatic rings. The summed E-state index contributed by atoms with van der Waals surface area (Å²) in [5.41, 5.74) is 2.35. The number of benzene rings is 2. The Morgan fingerprint density at radius 1 is 1.12 bits per heavy atom. The number of carbonyl (C=O) groups excluding carboxylic acids is 1. The Morgan fingerprint density at radius 2 is 1.83 bits per heavy atom. The molecule has 0 radical (unpaired) electrons. The average Bonchev–Trinajstić information content (AvgIpc) is 2.58. The molecule has 0 atom stereocenters. The van der Waals surface area contributed by atoms with Crippen LogP contribution >= 0.6 is 35.4 Å². The molecule has 0 saturated heterocycles. The zero-order valence-corrected chi connectivity index (χ0v) is 15.3. The van der Waals surface area contributed by atoms with Crippen LogP contribution in [0.25, 0.3) is 0 Å². The van der Waals surface area contributed by atoms with Gasteiger partial charge in [0.2, 0.25) is 0 Å². The van der Waals surface area contributed by atoms with Crippen LogP contribution in [-0.2, 0) is 11.2 Å². The van der Waals surface area contributed by atoms with Gasteiger partial charge in [-0.05, 0) is 60.6 Å². The fourth-order valence-corrected chi connectivity index (χ4v) is 2.54. The molecule has 24 heavy (non-hydrogen) atoms. The number of esters is 1. The molecule has 2 aromatic carbocycles. The van der Waals surface area contributed by atoms with E-state index >= 15 is 0 Å². The van der Waals surface area contributed by atoms with Crippen molar-refractivity contribution in [2.75, 3.05) is 19.0 Å². The van der Waals surface area contributed by atoms with Crippen molar-refractivity contribution in [1.29, 1.82) is 0 Å². The van der Waals surface area contributed by atoms with E-state index in [-0.39, 0.29) is 5.97 Å². The van der Waals surface area contributed by atoms with E-state index in [1.165, 1.54) is 7.11 Å². The second-order valence-electron chi connectivity index (χ2n) is 4.95. The van der Waals surface area contributed by atoms with Gasteiger partial charge in [-0.25, -0.2) is 4.79 Å². The Labute approximate surface area is 156 Å². The lowest BCUT2D eigenvalue weighted by atomic mass is 10.1. The molecule has 0 aliphatic heterocycles. The van der Waals surface area contributed by atoms with Crippen LogP contribution in [0.2, 0.25) is 10.0 Å². The zero-order valence-electron chi connectivity index (χ0n) is 12.9. The highest BCUT2D eigenvalue weighted by Gasteiger charge is 2.05. The van der Waals surface area contributed by atoms with Gasteiger partial charge >= 0.3 is 5.97 Å². The number of hydrogen-bond acceptors (Lipinski definition) is 3. The molecule has 126 valence electrons. The van der Waals surface area contributed by atoms with Crippen LogP contribution in [0.1, 0.15) is 15.9 Å². The summed E-state index contributed by atoms with van der Waals surface area (Å²) in [6, 6.07) is 12.4. The van der Waals surface area contributed by atoms with E-state index in [4.69, 9.17) is 35.4 Å². The minimum Gasteiger partial charge on any atom is -0.465 e. The van der Waals surface area contributed by atoms with Crippen molar-refractivity contribution in [2.24, 2.45) is 0 Å². The maximum absolute atomic E-state index is 11.4. The Balaban J connectivity index is 1.80. The summed E-state index contributed by atoms with van der Waals surface area (Å²) in [4.78, 5) is 11.4. The second-order valence-corrected chi connectivity index (χ2v) is 6.17. The summed E-state index contributed by atoms with van der Waals surface area (Å²) in [5.74, 6) is -0.371. The van der Waals surface area contributed by atoms with E-state index in [0.717, 1.165) is 17.7 Å². The summed E-state index contributed by atoms with van der Waals surface area (Å²) in [7, 11) is 1.35. The molecular formula is C17H16Cl2N2O2S. The predicted octanol–water partition coefficient (Wildman–Crippen LogP) is 4.31. The number of ether oxygens (including phenoxy) is 1. The van der Waals surface area contributed by atoms with Gasteiger partial charge in [0.1, 0.15) is 0 Å². The van der Waals surface area contributed by atoms with Crippen molar-refractivity contribution in [2.45, 2.75) is 6.42 Å². The van der Waals surface area contributed by atoms with E-state index in [1.807, 2.05) is 12.1 Å². The monoisotopic (exact) mass is 382 g/mol. The molecule has 0 spiro atoms. The van der Waals surface area contributed by atoms with Crippen LogP contribution < -0.4 is 10.6 Å². The minimum absolute atomic E-state index is 0.371. The maximum Gasteiger partial charge on any atom is 0.337 e. The highest BCUT2D eigenvalue weighted by molar-refractivity contribution is 7.80. The number of halogens is 2. The molecule has 0 saturated carbocycles. The minimum atomic E-state index is -0.371. The normalized spacial score (nSPS) is 10.1. The molecule has 7 heteroatoms. The van der Waals surface area contributed by atoms with Gasteiger partial charge in [-0.15, -0.1) is 0 Å². The number of anilines is 1. The van der Waals surface area contributed by atoms with Gasteiger partial charge in [-0.1, -0.05) is 29.3 Å². The molecule has 0 fully saturated rings. The van der Waals surface area contributed by atoms with Crippen molar-refractivity contribution in [3.63, 3.8) is 0 Å². The van der Waals surface area contributed by atoms with Gasteiger partial charge in [0.05, 0.1) is 22.7 Å². The van der Waals surface area contributed by atoms with Gasteiger partial charge in [0.15, 0.2) is 5.11 Å². The zero-order chi connectivity index (χ0) is 17.5. The van der Waals surface area contributed by atoms with Crippen LogP contribution in [-0.4, -0.2) is 24.7 Å². The largest absolute Gasteiger partial charge is 0.465 e. The SMILES string of the molecule is COC(=O)c1ccc(NC(=S)NCCc2ccc(Cl)c(Cl)c2)cc1. The quantitative estimate of drug-likeness (QED) is 0.595. The third-order valence-electron chi connectivity index (χ3n) is 3.25. The smallest absolute Gasteiger partial charge is 0.337 e. The predicted molar refractivity (Wildman–Crippen MR) is 102 cm³/mol. The van der Waals surface area contributed by atoms with Crippen LogP contribution in [0.5, 0.6) is 0 Å². The fraction of sp³-hybridized carbons (Fsp3) is 0.176. The van der Waals surface area contributed by atoms with Crippen molar-refractivity contribution in [1.82, 2.24) is 5.32 Å². The second kappa shape index (κ2) is 8.87. The van der Waals surface area contributed by atoms with E-state index in [1.54, 1.807) is 30.3 Å². The van der Waals surface area contributed by atoms with Crippen LogP contribution in [0.3, 0.4) is 0 Å². The first-order valence-electron chi connectivity index (χ1n) is 7.17. The number of rotatable bonds is 5. The van der Waals surface area contributed by atoms with Crippen molar-refractivity contribution in [3.8, 4) is 0 Å². The number of thiocarbonyl (C=S) groups is 1. The maximum atomic E-state index is 11.4. The first-order valence-corrected chi connectivity index (χ1v) is 8.33. The summed E-state index contributed by atoms with van der Waals surface area (Å²) >= 11 is 17.1. The Bertz CT molecular complexity index is 736. The summed E-state index contributed by atoms with van der Waals surface area (Å²) in [6.45, 7) is 0.657. The molecule has 0 heterocycles. The molecule has 2 rings (SSSR count). The Kier molecular flexibility index (Phi) is 6.85. The van der Waals surface area contributed by atoms with Crippen molar-refractivity contribution in [3.05, 3.63) is 63.6 Å². The third-order valence-corrected chi connectivity index (χ3v) is 4.23. The number of hydrogen-bond donors (Lipinski definition) is 2. The van der Waals surface area contributed by atoms with E-state index in [0.29, 0.717) is 27.3 Å². The lowest BCUT2D eigenvalue weighted by Gasteiger charge is -2.11. The van der Waals surface area contributed by atoms with Crippen LogP contribution in [0, 0.1) is 0 Å². The van der Waals surface area contributed by atoms with Gasteiger partial charge in [-0.3, -0.25) is 0 Å². The van der Waals surface area contributed by atoms with Crippen LogP contribution in [0.4, 0.5) is 5.69 Å². The van der Waals surface area contributed by atoms with Crippen molar-refractivity contribution < 1.29 is 9.53 Å². The highest BCUT2D eigenvalue weighted by atomic mass is 35.5. The highest BCUT2D eigenvalue weighted by Crippen LogP contribution is 2.22. The van der Waals surface area contributed by atoms with Gasteiger partial charge in [-0.2, -0.15) is 0 Å². The molecule has 2 aromatic rings. The first kappa shape index (κ1) is 18.5. The Morgan fingerprint density at radius 3 is 2.46 bits per heavy atom. The van der Waals surface area contributed by atoms with Crippen molar-refractivity contribution >= 4 is 52.2 Å². The number of carbonyl (C=O) groups is 1. The Hall–Kier alpha value is -1.82. The van der Waals surface area contributed by atoms with Crippen LogP contribution in [0.15, 0.2) is 42.5 Å². The first-order chi connectivity index (χ1) is 11.5. The molecule has 0 aromatic heterocycles. The van der Waals surface area contributed by atoms with Gasteiger partial charge in [0, 0.05) is 12.2 Å². The van der Waals surface area contributed by atoms with E-state index < -0.39 is 0 Å². The molecular weight excluding hydrogens is 367 g/mol. The fourth-order valence-electron chi connectivity index (χ4n) is 2.00. The van der Waals surface area contributed by atoms with Gasteiger partial charge < -0.3 is 15.4 Å². The summed E-state index contributed by atoms with van der Waals surface area (Å²) in [6.07, 6.45) is 0.764. The third kappa shape index (κ3) is 5.37. The van der Waals surface area contributed by atoms with Gasteiger partial charge in [0.25, 0.3) is 0 Å². The standard InChI is InChI=1S/C17H16Cl2N2O2S/c1-23-16(22)12-3-5-13(6-4-12)21-17(24)20-9-8-11-2-7-14(18)15(19)10-11/h2-7,10H,8-9H2,1H3,(H2,20,21,24). The van der Waals surface area contributed by atoms with E-state index in [9.17, 15) is 4.79 Å². The summed E-state index contributed by atoms with van der Waals surface area (Å²) < 4.78 is 4.65. The molecule has 0 amide bonds. The topological polar surface area (TPSA) is 50.4 Å². The lowest BCUT2D eigenvalue weighted by molar-refractivity contribution is 0.0601. The molecule has 2 N–H and O–H groups in total. The number of methoxy groups -OCH3 is 1.